The molecule has 1 aliphatic rings. The van der Waals surface area contributed by atoms with Crippen LogP contribution in [0.3, 0.4) is 0 Å². The van der Waals surface area contributed by atoms with Crippen LogP contribution in [0.4, 0.5) is 0 Å². The summed E-state index contributed by atoms with van der Waals surface area (Å²) in [6.45, 7) is 4.31. The topological polar surface area (TPSA) is 32.3 Å². The number of nitrogens with one attached hydrogen (secondary N) is 1. The van der Waals surface area contributed by atoms with Crippen LogP contribution >= 0.6 is 23.1 Å². The highest BCUT2D eigenvalue weighted by Gasteiger charge is 2.42. The van der Waals surface area contributed by atoms with Crippen molar-refractivity contribution in [2.45, 2.75) is 51.4 Å². The number of carbonyl (C=O) groups excluding carboxylic acids is 1. The van der Waals surface area contributed by atoms with Crippen LogP contribution in [0.5, 0.6) is 0 Å². The van der Waals surface area contributed by atoms with Crippen LogP contribution in [0.15, 0.2) is 16.8 Å². The molecule has 1 N–H and O–H groups in total. The number of hydrogen-bond donors (Lipinski definition) is 1. The molecule has 1 aromatic rings. The molecular weight excluding hydrogens is 288 g/mol. The van der Waals surface area contributed by atoms with Crippen molar-refractivity contribution in [3.8, 4) is 0 Å². The molecule has 3 atom stereocenters. The molecule has 0 aromatic carbocycles. The Morgan fingerprint density at radius 1 is 1.50 bits per heavy atom. The second kappa shape index (κ2) is 7.48. The van der Waals surface area contributed by atoms with Crippen molar-refractivity contribution in [1.82, 2.24) is 10.2 Å². The minimum atomic E-state index is -0.0131. The average molecular weight is 313 g/mol. The number of thioether (sulfide) groups is 1. The lowest BCUT2D eigenvalue weighted by atomic mass is 10.1. The Balaban J connectivity index is 2.24. The molecule has 1 fully saturated rings. The third-order valence-electron chi connectivity index (χ3n) is 3.85. The number of hydrogen-bond acceptors (Lipinski definition) is 4. The summed E-state index contributed by atoms with van der Waals surface area (Å²) in [5, 5.41) is 7.78. The lowest BCUT2D eigenvalue weighted by molar-refractivity contribution is -0.132. The largest absolute Gasteiger partial charge is 0.318 e. The summed E-state index contributed by atoms with van der Waals surface area (Å²) >= 11 is 3.51. The Morgan fingerprint density at radius 3 is 2.85 bits per heavy atom. The van der Waals surface area contributed by atoms with Crippen LogP contribution in [0, 0.1) is 0 Å². The number of amides is 1. The van der Waals surface area contributed by atoms with Crippen LogP contribution in [-0.2, 0) is 4.79 Å². The molecule has 0 bridgehead atoms. The molecule has 2 heterocycles. The molecular formula is C15H24N2OS2. The van der Waals surface area contributed by atoms with Crippen molar-refractivity contribution in [3.05, 3.63) is 22.4 Å². The predicted octanol–water partition coefficient (Wildman–Crippen LogP) is 3.49. The number of carbonyl (C=O) groups is 1. The van der Waals surface area contributed by atoms with Gasteiger partial charge in [-0.15, -0.1) is 0 Å². The van der Waals surface area contributed by atoms with Gasteiger partial charge in [0.25, 0.3) is 0 Å². The lowest BCUT2D eigenvalue weighted by Gasteiger charge is -2.31. The van der Waals surface area contributed by atoms with Gasteiger partial charge in [-0.2, -0.15) is 23.1 Å². The molecule has 20 heavy (non-hydrogen) atoms. The first-order valence-corrected chi connectivity index (χ1v) is 9.65. The standard InChI is InChI=1S/C15H24N2OS2/c1-4-6-13-15(18)17(12(5-2)10-19-3)14(16-13)11-7-8-20-9-11/h7-9,12-14,16H,4-6,10H2,1-3H3. The molecule has 0 spiro atoms. The summed E-state index contributed by atoms with van der Waals surface area (Å²) in [6, 6.07) is 2.43. The van der Waals surface area contributed by atoms with Gasteiger partial charge >= 0.3 is 0 Å². The van der Waals surface area contributed by atoms with Crippen molar-refractivity contribution >= 4 is 29.0 Å². The zero-order chi connectivity index (χ0) is 14.5. The third kappa shape index (κ3) is 3.21. The molecule has 0 saturated carbocycles. The SMILES string of the molecule is CCCC1NC(c2ccsc2)N(C(CC)CSC)C1=O. The van der Waals surface area contributed by atoms with E-state index in [4.69, 9.17) is 0 Å². The van der Waals surface area contributed by atoms with Crippen molar-refractivity contribution < 1.29 is 4.79 Å². The maximum atomic E-state index is 12.7. The molecule has 1 amide bonds. The zero-order valence-corrected chi connectivity index (χ0v) is 14.1. The summed E-state index contributed by atoms with van der Waals surface area (Å²) in [7, 11) is 0. The normalized spacial score (nSPS) is 24.4. The van der Waals surface area contributed by atoms with Crippen molar-refractivity contribution in [2.75, 3.05) is 12.0 Å². The van der Waals surface area contributed by atoms with E-state index in [2.05, 4.69) is 47.1 Å². The smallest absolute Gasteiger partial charge is 0.241 e. The van der Waals surface area contributed by atoms with Gasteiger partial charge in [0, 0.05) is 11.8 Å². The van der Waals surface area contributed by atoms with E-state index in [1.165, 1.54) is 5.56 Å². The maximum Gasteiger partial charge on any atom is 0.241 e. The fraction of sp³-hybridized carbons (Fsp3) is 0.667. The van der Waals surface area contributed by atoms with Gasteiger partial charge in [-0.1, -0.05) is 20.3 Å². The van der Waals surface area contributed by atoms with Crippen LogP contribution < -0.4 is 5.32 Å². The molecule has 2 rings (SSSR count). The minimum Gasteiger partial charge on any atom is -0.318 e. The van der Waals surface area contributed by atoms with Gasteiger partial charge in [0.05, 0.1) is 6.04 Å². The van der Waals surface area contributed by atoms with Crippen LogP contribution in [-0.4, -0.2) is 34.9 Å². The minimum absolute atomic E-state index is 0.0131. The Morgan fingerprint density at radius 2 is 2.30 bits per heavy atom. The summed E-state index contributed by atoms with van der Waals surface area (Å²) in [6.07, 6.45) is 5.13. The Kier molecular flexibility index (Phi) is 5.93. The number of thiophene rings is 1. The van der Waals surface area contributed by atoms with E-state index in [1.54, 1.807) is 11.3 Å². The third-order valence-corrected chi connectivity index (χ3v) is 5.27. The molecule has 112 valence electrons. The number of nitrogens with zero attached hydrogens (tertiary/aromatic N) is 1. The highest BCUT2D eigenvalue weighted by atomic mass is 32.2. The van der Waals surface area contributed by atoms with Gasteiger partial charge in [0.2, 0.25) is 5.91 Å². The van der Waals surface area contributed by atoms with Crippen molar-refractivity contribution in [1.29, 1.82) is 0 Å². The van der Waals surface area contributed by atoms with Gasteiger partial charge in [-0.25, -0.2) is 0 Å². The van der Waals surface area contributed by atoms with Crippen molar-refractivity contribution in [3.63, 3.8) is 0 Å². The van der Waals surface area contributed by atoms with E-state index >= 15 is 0 Å². The van der Waals surface area contributed by atoms with Crippen molar-refractivity contribution in [2.24, 2.45) is 0 Å². The summed E-state index contributed by atoms with van der Waals surface area (Å²) in [5.41, 5.74) is 1.22. The van der Waals surface area contributed by atoms with E-state index < -0.39 is 0 Å². The highest BCUT2D eigenvalue weighted by molar-refractivity contribution is 7.98. The molecule has 0 aliphatic carbocycles. The Labute approximate surface area is 130 Å². The Hall–Kier alpha value is -0.520. The van der Waals surface area contributed by atoms with E-state index in [1.807, 2.05) is 11.8 Å². The van der Waals surface area contributed by atoms with Gasteiger partial charge < -0.3 is 4.90 Å². The molecule has 3 unspecified atom stereocenters. The zero-order valence-electron chi connectivity index (χ0n) is 12.5. The van der Waals surface area contributed by atoms with Gasteiger partial charge in [-0.05, 0) is 41.5 Å². The molecule has 5 heteroatoms. The maximum absolute atomic E-state index is 12.7. The molecule has 3 nitrogen and oxygen atoms in total. The van der Waals surface area contributed by atoms with E-state index in [0.29, 0.717) is 6.04 Å². The van der Waals surface area contributed by atoms with Gasteiger partial charge in [-0.3, -0.25) is 10.1 Å². The quantitative estimate of drug-likeness (QED) is 0.836. The molecule has 1 aromatic heterocycles. The first-order valence-electron chi connectivity index (χ1n) is 7.32. The first kappa shape index (κ1) is 15.9. The monoisotopic (exact) mass is 312 g/mol. The molecule has 0 radical (unpaired) electrons. The molecule has 1 aliphatic heterocycles. The van der Waals surface area contributed by atoms with Gasteiger partial charge in [0.15, 0.2) is 0 Å². The second-order valence-electron chi connectivity index (χ2n) is 5.23. The summed E-state index contributed by atoms with van der Waals surface area (Å²) in [4.78, 5) is 14.8. The average Bonchev–Trinajstić information content (AvgIpc) is 3.06. The Bertz CT molecular complexity index is 422. The first-order chi connectivity index (χ1) is 9.72. The van der Waals surface area contributed by atoms with Crippen LogP contribution in [0.1, 0.15) is 44.8 Å². The van der Waals surface area contributed by atoms with E-state index in [9.17, 15) is 4.79 Å². The van der Waals surface area contributed by atoms with E-state index in [0.717, 1.165) is 25.0 Å². The second-order valence-corrected chi connectivity index (χ2v) is 6.92. The van der Waals surface area contributed by atoms with Crippen LogP contribution in [0.25, 0.3) is 0 Å². The molecule has 1 saturated heterocycles. The fourth-order valence-electron chi connectivity index (χ4n) is 2.81. The van der Waals surface area contributed by atoms with Gasteiger partial charge in [0.1, 0.15) is 6.17 Å². The summed E-state index contributed by atoms with van der Waals surface area (Å²) in [5.74, 6) is 1.28. The van der Waals surface area contributed by atoms with Crippen LogP contribution in [0.2, 0.25) is 0 Å². The highest BCUT2D eigenvalue weighted by Crippen LogP contribution is 2.31. The summed E-state index contributed by atoms with van der Waals surface area (Å²) < 4.78 is 0. The fourth-order valence-corrected chi connectivity index (χ4v) is 4.27. The lowest BCUT2D eigenvalue weighted by Crippen LogP contribution is -2.41. The predicted molar refractivity (Wildman–Crippen MR) is 88.2 cm³/mol. The number of rotatable bonds is 7. The van der Waals surface area contributed by atoms with E-state index in [-0.39, 0.29) is 18.1 Å².